The number of nitrogens with zero attached hydrogens (tertiary/aromatic N) is 2. The Kier molecular flexibility index (Phi) is 6.13. The number of hydrogen-bond donors (Lipinski definition) is 2. The van der Waals surface area contributed by atoms with Crippen LogP contribution in [0, 0.1) is 0 Å². The Balaban J connectivity index is 1.61. The van der Waals surface area contributed by atoms with Crippen LogP contribution in [-0.2, 0) is 11.4 Å². The van der Waals surface area contributed by atoms with Gasteiger partial charge in [-0.15, -0.1) is 0 Å². The molecule has 0 spiro atoms. The highest BCUT2D eigenvalue weighted by Gasteiger charge is 2.33. The normalized spacial score (nSPS) is 16.1. The van der Waals surface area contributed by atoms with Crippen LogP contribution in [0.15, 0.2) is 42.6 Å². The van der Waals surface area contributed by atoms with Crippen molar-refractivity contribution in [2.45, 2.75) is 25.5 Å². The van der Waals surface area contributed by atoms with E-state index in [1.165, 1.54) is 4.90 Å². The van der Waals surface area contributed by atoms with Crippen LogP contribution in [0.5, 0.6) is 5.75 Å². The third-order valence-corrected chi connectivity index (χ3v) is 4.64. The number of carbonyl (C=O) groups is 2. The molecule has 1 atom stereocenters. The third kappa shape index (κ3) is 4.68. The van der Waals surface area contributed by atoms with Crippen molar-refractivity contribution in [2.24, 2.45) is 0 Å². The second kappa shape index (κ2) is 8.73. The molecule has 2 heterocycles. The summed E-state index contributed by atoms with van der Waals surface area (Å²) in [5.41, 5.74) is 1.33. The minimum atomic E-state index is -0.438. The molecule has 0 unspecified atom stereocenters. The van der Waals surface area contributed by atoms with Crippen molar-refractivity contribution < 1.29 is 14.3 Å². The molecule has 3 rings (SSSR count). The number of hydrogen-bond acceptors (Lipinski definition) is 4. The van der Waals surface area contributed by atoms with Crippen molar-refractivity contribution in [2.75, 3.05) is 18.9 Å². The minimum Gasteiger partial charge on any atom is -0.486 e. The largest absolute Gasteiger partial charge is 0.486 e. The molecule has 0 saturated carbocycles. The number of pyridine rings is 1. The highest BCUT2D eigenvalue weighted by Crippen LogP contribution is 2.29. The SMILES string of the molecule is CNC(=O)[C@@H]1CCCN1C(=O)Nc1ccc(OCc2ccccn2)c(Cl)c1. The molecule has 0 aliphatic carbocycles. The Labute approximate surface area is 162 Å². The van der Waals surface area contributed by atoms with E-state index in [0.29, 0.717) is 36.0 Å². The van der Waals surface area contributed by atoms with Gasteiger partial charge in [-0.2, -0.15) is 0 Å². The first-order valence-electron chi connectivity index (χ1n) is 8.70. The Morgan fingerprint density at radius 2 is 2.19 bits per heavy atom. The van der Waals surface area contributed by atoms with Gasteiger partial charge >= 0.3 is 6.03 Å². The highest BCUT2D eigenvalue weighted by atomic mass is 35.5. The summed E-state index contributed by atoms with van der Waals surface area (Å²) in [5.74, 6) is 0.351. The third-order valence-electron chi connectivity index (χ3n) is 4.35. The zero-order chi connectivity index (χ0) is 19.2. The first kappa shape index (κ1) is 19.0. The molecule has 1 aliphatic heterocycles. The average Bonchev–Trinajstić information content (AvgIpc) is 3.17. The first-order chi connectivity index (χ1) is 13.1. The molecule has 3 amide bonds. The van der Waals surface area contributed by atoms with E-state index in [2.05, 4.69) is 15.6 Å². The Hall–Kier alpha value is -2.80. The lowest BCUT2D eigenvalue weighted by atomic mass is 10.2. The molecule has 8 heteroatoms. The van der Waals surface area contributed by atoms with E-state index in [0.717, 1.165) is 12.1 Å². The first-order valence-corrected chi connectivity index (χ1v) is 9.08. The van der Waals surface area contributed by atoms with Gasteiger partial charge in [-0.05, 0) is 43.2 Å². The Bertz CT molecular complexity index is 816. The number of amides is 3. The lowest BCUT2D eigenvalue weighted by Crippen LogP contribution is -2.46. The van der Waals surface area contributed by atoms with Gasteiger partial charge in [-0.1, -0.05) is 17.7 Å². The van der Waals surface area contributed by atoms with Gasteiger partial charge in [-0.25, -0.2) is 4.79 Å². The molecule has 142 valence electrons. The number of carbonyl (C=O) groups excluding carboxylic acids is 2. The molecule has 1 saturated heterocycles. The Morgan fingerprint density at radius 3 is 2.89 bits per heavy atom. The number of anilines is 1. The van der Waals surface area contributed by atoms with E-state index < -0.39 is 6.04 Å². The zero-order valence-electron chi connectivity index (χ0n) is 14.9. The fourth-order valence-corrected chi connectivity index (χ4v) is 3.21. The summed E-state index contributed by atoms with van der Waals surface area (Å²) in [4.78, 5) is 30.1. The number of likely N-dealkylation sites (N-methyl/N-ethyl adjacent to an activating group) is 1. The molecular formula is C19H21ClN4O3. The average molecular weight is 389 g/mol. The minimum absolute atomic E-state index is 0.154. The van der Waals surface area contributed by atoms with Crippen LogP contribution in [0.1, 0.15) is 18.5 Å². The molecule has 1 aromatic heterocycles. The topological polar surface area (TPSA) is 83.6 Å². The molecule has 1 aliphatic rings. The van der Waals surface area contributed by atoms with Crippen molar-refractivity contribution >= 4 is 29.2 Å². The summed E-state index contributed by atoms with van der Waals surface area (Å²) >= 11 is 6.27. The van der Waals surface area contributed by atoms with E-state index in [1.807, 2.05) is 18.2 Å². The number of benzene rings is 1. The summed E-state index contributed by atoms with van der Waals surface area (Å²) in [6, 6.07) is 9.86. The molecule has 1 fully saturated rings. The van der Waals surface area contributed by atoms with E-state index in [4.69, 9.17) is 16.3 Å². The summed E-state index contributed by atoms with van der Waals surface area (Å²) in [6.07, 6.45) is 3.16. The molecule has 2 N–H and O–H groups in total. The summed E-state index contributed by atoms with van der Waals surface area (Å²) in [6.45, 7) is 0.844. The molecule has 1 aromatic carbocycles. The molecular weight excluding hydrogens is 368 g/mol. The number of aromatic nitrogens is 1. The maximum Gasteiger partial charge on any atom is 0.322 e. The van der Waals surface area contributed by atoms with Gasteiger partial charge in [-0.3, -0.25) is 9.78 Å². The summed E-state index contributed by atoms with van der Waals surface area (Å²) in [7, 11) is 1.57. The van der Waals surface area contributed by atoms with E-state index in [9.17, 15) is 9.59 Å². The lowest BCUT2D eigenvalue weighted by Gasteiger charge is -2.23. The van der Waals surface area contributed by atoms with Gasteiger partial charge < -0.3 is 20.3 Å². The maximum absolute atomic E-state index is 12.5. The maximum atomic E-state index is 12.5. The Morgan fingerprint density at radius 1 is 1.33 bits per heavy atom. The highest BCUT2D eigenvalue weighted by molar-refractivity contribution is 6.32. The standard InChI is InChI=1S/C19H21ClN4O3/c1-21-18(25)16-6-4-10-24(16)19(26)23-13-7-8-17(15(20)11-13)27-12-14-5-2-3-9-22-14/h2-3,5,7-9,11,16H,4,6,10,12H2,1H3,(H,21,25)(H,23,26)/t16-/m0/s1. The van der Waals surface area contributed by atoms with Crippen molar-refractivity contribution in [3.05, 3.63) is 53.3 Å². The molecule has 0 bridgehead atoms. The number of likely N-dealkylation sites (tertiary alicyclic amines) is 1. The van der Waals surface area contributed by atoms with Crippen molar-refractivity contribution in [1.82, 2.24) is 15.2 Å². The molecule has 7 nitrogen and oxygen atoms in total. The van der Waals surface area contributed by atoms with Crippen molar-refractivity contribution in [3.63, 3.8) is 0 Å². The number of rotatable bonds is 5. The zero-order valence-corrected chi connectivity index (χ0v) is 15.7. The van der Waals surface area contributed by atoms with Gasteiger partial charge in [0.25, 0.3) is 0 Å². The predicted molar refractivity (Wildman–Crippen MR) is 103 cm³/mol. The quantitative estimate of drug-likeness (QED) is 0.824. The van der Waals surface area contributed by atoms with Gasteiger partial charge in [0.1, 0.15) is 18.4 Å². The fraction of sp³-hybridized carbons (Fsp3) is 0.316. The van der Waals surface area contributed by atoms with Crippen LogP contribution in [0.3, 0.4) is 0 Å². The van der Waals surface area contributed by atoms with E-state index in [1.54, 1.807) is 31.4 Å². The van der Waals surface area contributed by atoms with Gasteiger partial charge in [0.15, 0.2) is 0 Å². The van der Waals surface area contributed by atoms with Crippen LogP contribution < -0.4 is 15.4 Å². The number of nitrogens with one attached hydrogen (secondary N) is 2. The van der Waals surface area contributed by atoms with E-state index in [-0.39, 0.29) is 11.9 Å². The van der Waals surface area contributed by atoms with Crippen LogP contribution in [0.4, 0.5) is 10.5 Å². The molecule has 27 heavy (non-hydrogen) atoms. The smallest absolute Gasteiger partial charge is 0.322 e. The van der Waals surface area contributed by atoms with Crippen LogP contribution in [0.2, 0.25) is 5.02 Å². The summed E-state index contributed by atoms with van der Waals surface area (Å²) < 4.78 is 5.68. The molecule has 2 aromatic rings. The number of halogens is 1. The predicted octanol–water partition coefficient (Wildman–Crippen LogP) is 3.06. The van der Waals surface area contributed by atoms with Gasteiger partial charge in [0.05, 0.1) is 10.7 Å². The van der Waals surface area contributed by atoms with Crippen molar-refractivity contribution in [1.29, 1.82) is 0 Å². The van der Waals surface area contributed by atoms with E-state index >= 15 is 0 Å². The summed E-state index contributed by atoms with van der Waals surface area (Å²) in [5, 5.41) is 5.77. The lowest BCUT2D eigenvalue weighted by molar-refractivity contribution is -0.124. The second-order valence-electron chi connectivity index (χ2n) is 6.15. The van der Waals surface area contributed by atoms with Crippen LogP contribution in [0.25, 0.3) is 0 Å². The monoisotopic (exact) mass is 388 g/mol. The van der Waals surface area contributed by atoms with Crippen LogP contribution in [-0.4, -0.2) is 41.5 Å². The fourth-order valence-electron chi connectivity index (χ4n) is 2.98. The van der Waals surface area contributed by atoms with Gasteiger partial charge in [0.2, 0.25) is 5.91 Å². The number of ether oxygens (including phenoxy) is 1. The molecule has 0 radical (unpaired) electrons. The number of urea groups is 1. The van der Waals surface area contributed by atoms with Crippen LogP contribution >= 0.6 is 11.6 Å². The second-order valence-corrected chi connectivity index (χ2v) is 6.56. The van der Waals surface area contributed by atoms with Gasteiger partial charge in [0, 0.05) is 25.5 Å². The van der Waals surface area contributed by atoms with Crippen molar-refractivity contribution in [3.8, 4) is 5.75 Å².